The number of hydrogen-bond acceptors (Lipinski definition) is 8. The highest BCUT2D eigenvalue weighted by Crippen LogP contribution is 2.33. The van der Waals surface area contributed by atoms with E-state index in [2.05, 4.69) is 20.1 Å². The summed E-state index contributed by atoms with van der Waals surface area (Å²) in [6.45, 7) is 10.3. The Balaban J connectivity index is 1.24. The summed E-state index contributed by atoms with van der Waals surface area (Å²) in [5.74, 6) is -1.34. The molecule has 3 heterocycles. The van der Waals surface area contributed by atoms with Crippen molar-refractivity contribution >= 4 is 35.1 Å². The summed E-state index contributed by atoms with van der Waals surface area (Å²) in [6.07, 6.45) is 6.43. The molecule has 49 heavy (non-hydrogen) atoms. The number of ether oxygens (including phenoxy) is 1. The number of primary amides is 1. The molecular weight excluding hydrogens is 620 g/mol. The monoisotopic (exact) mass is 668 g/mol. The van der Waals surface area contributed by atoms with E-state index in [4.69, 9.17) is 10.5 Å². The van der Waals surface area contributed by atoms with Crippen molar-refractivity contribution in [1.82, 2.24) is 14.8 Å². The number of nitrogens with zero attached hydrogens (tertiary/aromatic N) is 4. The maximum absolute atomic E-state index is 13.6. The number of benzene rings is 2. The van der Waals surface area contributed by atoms with Crippen molar-refractivity contribution in [2.45, 2.75) is 58.5 Å². The molecule has 2 saturated heterocycles. The Morgan fingerprint density at radius 3 is 2.33 bits per heavy atom. The fraction of sp³-hybridized carbons (Fsp3) is 0.447. The molecule has 0 bridgehead atoms. The van der Waals surface area contributed by atoms with Crippen molar-refractivity contribution in [3.63, 3.8) is 0 Å². The quantitative estimate of drug-likeness (QED) is 0.281. The summed E-state index contributed by atoms with van der Waals surface area (Å²) in [6, 6.07) is 15.7. The second-order valence-corrected chi connectivity index (χ2v) is 14.0. The van der Waals surface area contributed by atoms with E-state index in [1.54, 1.807) is 48.3 Å². The van der Waals surface area contributed by atoms with Crippen molar-refractivity contribution in [3.8, 4) is 11.3 Å². The second kappa shape index (κ2) is 15.6. The van der Waals surface area contributed by atoms with E-state index in [-0.39, 0.29) is 23.7 Å². The smallest absolute Gasteiger partial charge is 0.309 e. The van der Waals surface area contributed by atoms with Crippen LogP contribution in [0.5, 0.6) is 0 Å². The number of anilines is 2. The van der Waals surface area contributed by atoms with Gasteiger partial charge < -0.3 is 30.5 Å². The SMILES string of the molecule is CN(CCN1CCC(C(=O)OC(C)(C)C)CC1)C(=O)c1cccc(C(=O)Nc2ccc(N3CCCCC3)cc2-c2cc(C(N)=O)ccn2)c1. The standard InChI is InChI=1S/C38H48N6O5/c1-38(2,3)49-37(48)26-14-19-43(20-15-26)22-21-42(4)36(47)29-10-8-9-28(23-29)35(46)41-32-12-11-30(44-17-6-5-7-18-44)25-31(32)33-24-27(34(39)45)13-16-40-33/h8-13,16,23-26H,5-7,14-15,17-22H2,1-4H3,(H2,39,45)(H,41,46). The number of nitrogens with two attached hydrogens (primary N) is 1. The molecule has 260 valence electrons. The summed E-state index contributed by atoms with van der Waals surface area (Å²) in [7, 11) is 1.76. The average molecular weight is 669 g/mol. The number of aromatic nitrogens is 1. The van der Waals surface area contributed by atoms with Crippen LogP contribution < -0.4 is 16.0 Å². The van der Waals surface area contributed by atoms with Crippen LogP contribution in [0.3, 0.4) is 0 Å². The van der Waals surface area contributed by atoms with Gasteiger partial charge in [-0.1, -0.05) is 6.07 Å². The van der Waals surface area contributed by atoms with Crippen molar-refractivity contribution in [3.05, 3.63) is 77.5 Å². The van der Waals surface area contributed by atoms with Gasteiger partial charge in [0.2, 0.25) is 5.91 Å². The van der Waals surface area contributed by atoms with Gasteiger partial charge in [-0.3, -0.25) is 24.2 Å². The molecule has 2 aromatic carbocycles. The molecular formula is C38H48N6O5. The first-order valence-corrected chi connectivity index (χ1v) is 17.2. The zero-order chi connectivity index (χ0) is 35.1. The minimum absolute atomic E-state index is 0.0935. The molecule has 2 aliphatic heterocycles. The molecule has 0 spiro atoms. The van der Waals surface area contributed by atoms with Gasteiger partial charge in [0, 0.05) is 67.4 Å². The molecule has 3 N–H and O–H groups in total. The Hall–Kier alpha value is -4.77. The number of esters is 1. The number of carbonyl (C=O) groups excluding carboxylic acids is 4. The van der Waals surface area contributed by atoms with Crippen LogP contribution in [0, 0.1) is 5.92 Å². The third-order valence-corrected chi connectivity index (χ3v) is 9.09. The predicted octanol–water partition coefficient (Wildman–Crippen LogP) is 5.22. The van der Waals surface area contributed by atoms with Crippen LogP contribution in [0.4, 0.5) is 11.4 Å². The Morgan fingerprint density at radius 2 is 1.63 bits per heavy atom. The van der Waals surface area contributed by atoms with Gasteiger partial charge >= 0.3 is 5.97 Å². The van der Waals surface area contributed by atoms with Gasteiger partial charge in [0.1, 0.15) is 5.60 Å². The van der Waals surface area contributed by atoms with E-state index in [9.17, 15) is 19.2 Å². The lowest BCUT2D eigenvalue weighted by Gasteiger charge is -2.33. The summed E-state index contributed by atoms with van der Waals surface area (Å²) in [5, 5.41) is 3.01. The molecule has 3 amide bonds. The summed E-state index contributed by atoms with van der Waals surface area (Å²) >= 11 is 0. The predicted molar refractivity (Wildman–Crippen MR) is 191 cm³/mol. The van der Waals surface area contributed by atoms with Gasteiger partial charge in [-0.25, -0.2) is 0 Å². The number of piperidine rings is 2. The fourth-order valence-corrected chi connectivity index (χ4v) is 6.31. The molecule has 0 atom stereocenters. The Bertz CT molecular complexity index is 1670. The van der Waals surface area contributed by atoms with Crippen molar-refractivity contribution < 1.29 is 23.9 Å². The first-order valence-electron chi connectivity index (χ1n) is 17.2. The number of likely N-dealkylation sites (N-methyl/N-ethyl adjacent to an activating group) is 1. The summed E-state index contributed by atoms with van der Waals surface area (Å²) in [5.41, 5.74) is 8.88. The lowest BCUT2D eigenvalue weighted by molar-refractivity contribution is -0.161. The highest BCUT2D eigenvalue weighted by atomic mass is 16.6. The van der Waals surface area contributed by atoms with E-state index in [1.165, 1.54) is 12.6 Å². The molecule has 5 rings (SSSR count). The van der Waals surface area contributed by atoms with Crippen LogP contribution in [-0.4, -0.2) is 90.4 Å². The molecule has 2 aliphatic rings. The molecule has 3 aromatic rings. The molecule has 0 aliphatic carbocycles. The third-order valence-electron chi connectivity index (χ3n) is 9.09. The highest BCUT2D eigenvalue weighted by Gasteiger charge is 2.29. The zero-order valence-corrected chi connectivity index (χ0v) is 29.0. The molecule has 2 fully saturated rings. The Labute approximate surface area is 288 Å². The number of hydrogen-bond donors (Lipinski definition) is 2. The molecule has 1 aromatic heterocycles. The van der Waals surface area contributed by atoms with Gasteiger partial charge in [0.05, 0.1) is 17.3 Å². The molecule has 11 heteroatoms. The van der Waals surface area contributed by atoms with Gasteiger partial charge in [-0.2, -0.15) is 0 Å². The van der Waals surface area contributed by atoms with E-state index in [0.717, 1.165) is 57.5 Å². The number of carbonyl (C=O) groups is 4. The van der Waals surface area contributed by atoms with Crippen LogP contribution in [0.1, 0.15) is 83.9 Å². The number of pyridine rings is 1. The highest BCUT2D eigenvalue weighted by molar-refractivity contribution is 6.08. The van der Waals surface area contributed by atoms with Crippen molar-refractivity contribution in [1.29, 1.82) is 0 Å². The summed E-state index contributed by atoms with van der Waals surface area (Å²) < 4.78 is 5.56. The number of rotatable bonds is 10. The van der Waals surface area contributed by atoms with Gasteiger partial charge in [-0.15, -0.1) is 0 Å². The van der Waals surface area contributed by atoms with Gasteiger partial charge in [-0.05, 0) is 114 Å². The second-order valence-electron chi connectivity index (χ2n) is 14.0. The Morgan fingerprint density at radius 1 is 0.918 bits per heavy atom. The fourth-order valence-electron chi connectivity index (χ4n) is 6.31. The lowest BCUT2D eigenvalue weighted by atomic mass is 9.96. The van der Waals surface area contributed by atoms with Crippen LogP contribution in [0.25, 0.3) is 11.3 Å². The van der Waals surface area contributed by atoms with Crippen molar-refractivity contribution in [2.75, 3.05) is 56.5 Å². The number of likely N-dealkylation sites (tertiary alicyclic amines) is 1. The molecule has 11 nitrogen and oxygen atoms in total. The molecule has 0 saturated carbocycles. The Kier molecular flexibility index (Phi) is 11.3. The largest absolute Gasteiger partial charge is 0.460 e. The first kappa shape index (κ1) is 35.5. The van der Waals surface area contributed by atoms with Crippen LogP contribution in [0.2, 0.25) is 0 Å². The minimum atomic E-state index is -0.560. The zero-order valence-electron chi connectivity index (χ0n) is 29.0. The lowest BCUT2D eigenvalue weighted by Crippen LogP contribution is -2.42. The van der Waals surface area contributed by atoms with E-state index < -0.39 is 11.5 Å². The van der Waals surface area contributed by atoms with Crippen LogP contribution in [0.15, 0.2) is 60.8 Å². The maximum atomic E-state index is 13.6. The van der Waals surface area contributed by atoms with E-state index in [1.807, 2.05) is 39.0 Å². The molecule has 0 radical (unpaired) electrons. The van der Waals surface area contributed by atoms with E-state index >= 15 is 0 Å². The first-order chi connectivity index (χ1) is 23.4. The average Bonchev–Trinajstić information content (AvgIpc) is 3.10. The van der Waals surface area contributed by atoms with Crippen LogP contribution >= 0.6 is 0 Å². The van der Waals surface area contributed by atoms with Gasteiger partial charge in [0.15, 0.2) is 0 Å². The van der Waals surface area contributed by atoms with Crippen LogP contribution in [-0.2, 0) is 9.53 Å². The number of amides is 3. The van der Waals surface area contributed by atoms with Gasteiger partial charge in [0.25, 0.3) is 11.8 Å². The third kappa shape index (κ3) is 9.44. The summed E-state index contributed by atoms with van der Waals surface area (Å²) in [4.78, 5) is 62.1. The maximum Gasteiger partial charge on any atom is 0.309 e. The molecule has 0 unspecified atom stereocenters. The minimum Gasteiger partial charge on any atom is -0.460 e. The topological polar surface area (TPSA) is 138 Å². The normalized spacial score (nSPS) is 15.8. The van der Waals surface area contributed by atoms with E-state index in [0.29, 0.717) is 46.7 Å². The number of nitrogens with one attached hydrogen (secondary N) is 1. The van der Waals surface area contributed by atoms with Crippen molar-refractivity contribution in [2.24, 2.45) is 11.7 Å².